The van der Waals surface area contributed by atoms with Gasteiger partial charge in [0.25, 0.3) is 0 Å². The van der Waals surface area contributed by atoms with Crippen molar-refractivity contribution in [1.29, 1.82) is 0 Å². The summed E-state index contributed by atoms with van der Waals surface area (Å²) in [4.78, 5) is 0. The molecule has 2 nitrogen and oxygen atoms in total. The molecule has 2 rings (SSSR count). The molecule has 0 unspecified atom stereocenters. The zero-order valence-electron chi connectivity index (χ0n) is 11.5. The molecule has 0 aliphatic carbocycles. The maximum Gasteiger partial charge on any atom is 0.166 e. The smallest absolute Gasteiger partial charge is 0.166 e. The predicted molar refractivity (Wildman–Crippen MR) is 75.7 cm³/mol. The Balaban J connectivity index is 2.44. The van der Waals surface area contributed by atoms with E-state index in [9.17, 15) is 8.78 Å². The van der Waals surface area contributed by atoms with Gasteiger partial charge in [0.15, 0.2) is 11.6 Å². The van der Waals surface area contributed by atoms with E-state index in [1.807, 2.05) is 13.0 Å². The number of ether oxygens (including phenoxy) is 1. The molecule has 1 N–H and O–H groups in total. The molecule has 0 atom stereocenters. The van der Waals surface area contributed by atoms with E-state index in [0.29, 0.717) is 12.1 Å². The molecule has 0 radical (unpaired) electrons. The zero-order chi connectivity index (χ0) is 14.5. The Labute approximate surface area is 117 Å². The first-order chi connectivity index (χ1) is 9.67. The molecule has 20 heavy (non-hydrogen) atoms. The Kier molecular flexibility index (Phi) is 4.69. The van der Waals surface area contributed by atoms with E-state index in [0.717, 1.165) is 23.9 Å². The first kappa shape index (κ1) is 14.5. The predicted octanol–water partition coefficient (Wildman–Crippen LogP) is 3.75. The average molecular weight is 277 g/mol. The van der Waals surface area contributed by atoms with Gasteiger partial charge in [-0.05, 0) is 30.3 Å². The number of hydrogen-bond acceptors (Lipinski definition) is 2. The second-order valence-corrected chi connectivity index (χ2v) is 4.41. The summed E-state index contributed by atoms with van der Waals surface area (Å²) in [6.45, 7) is 3.44. The van der Waals surface area contributed by atoms with Crippen molar-refractivity contribution in [2.45, 2.75) is 13.5 Å². The Bertz CT molecular complexity index is 599. The lowest BCUT2D eigenvalue weighted by atomic mass is 10.0. The number of rotatable bonds is 5. The van der Waals surface area contributed by atoms with E-state index in [4.69, 9.17) is 4.74 Å². The van der Waals surface area contributed by atoms with Crippen molar-refractivity contribution in [1.82, 2.24) is 5.32 Å². The monoisotopic (exact) mass is 277 g/mol. The molecule has 0 saturated carbocycles. The molecule has 4 heteroatoms. The zero-order valence-corrected chi connectivity index (χ0v) is 11.5. The van der Waals surface area contributed by atoms with Gasteiger partial charge in [0.05, 0.1) is 7.11 Å². The molecule has 106 valence electrons. The lowest BCUT2D eigenvalue weighted by Gasteiger charge is -2.12. The van der Waals surface area contributed by atoms with E-state index >= 15 is 0 Å². The summed E-state index contributed by atoms with van der Waals surface area (Å²) >= 11 is 0. The van der Waals surface area contributed by atoms with E-state index < -0.39 is 11.6 Å². The molecule has 0 spiro atoms. The lowest BCUT2D eigenvalue weighted by molar-refractivity contribution is 0.408. The number of benzene rings is 2. The highest BCUT2D eigenvalue weighted by molar-refractivity contribution is 5.66. The van der Waals surface area contributed by atoms with Crippen molar-refractivity contribution in [3.05, 3.63) is 53.6 Å². The molecule has 0 heterocycles. The molecular formula is C16H17F2NO. The normalized spacial score (nSPS) is 10.6. The highest BCUT2D eigenvalue weighted by Gasteiger charge is 2.12. The highest BCUT2D eigenvalue weighted by atomic mass is 19.2. The molecule has 0 aliphatic rings. The fraction of sp³-hybridized carbons (Fsp3) is 0.250. The SMILES string of the molecule is CCNCc1cc(-c2cccc(F)c2F)ccc1OC. The van der Waals surface area contributed by atoms with Gasteiger partial charge in [-0.2, -0.15) is 0 Å². The fourth-order valence-electron chi connectivity index (χ4n) is 2.07. The maximum atomic E-state index is 13.8. The summed E-state index contributed by atoms with van der Waals surface area (Å²) in [5.41, 5.74) is 1.80. The fourth-order valence-corrected chi connectivity index (χ4v) is 2.07. The minimum absolute atomic E-state index is 0.255. The molecule has 0 amide bonds. The minimum Gasteiger partial charge on any atom is -0.496 e. The van der Waals surface area contributed by atoms with E-state index in [2.05, 4.69) is 5.32 Å². The number of methoxy groups -OCH3 is 1. The average Bonchev–Trinajstić information content (AvgIpc) is 2.47. The summed E-state index contributed by atoms with van der Waals surface area (Å²) in [5, 5.41) is 3.20. The van der Waals surface area contributed by atoms with Gasteiger partial charge in [0, 0.05) is 17.7 Å². The van der Waals surface area contributed by atoms with Crippen LogP contribution in [0, 0.1) is 11.6 Å². The van der Waals surface area contributed by atoms with Crippen LogP contribution in [0.5, 0.6) is 5.75 Å². The first-order valence-corrected chi connectivity index (χ1v) is 6.49. The molecule has 0 saturated heterocycles. The summed E-state index contributed by atoms with van der Waals surface area (Å²) < 4.78 is 32.4. The summed E-state index contributed by atoms with van der Waals surface area (Å²) in [6, 6.07) is 9.50. The van der Waals surface area contributed by atoms with Crippen molar-refractivity contribution in [3.8, 4) is 16.9 Å². The van der Waals surface area contributed by atoms with Crippen molar-refractivity contribution < 1.29 is 13.5 Å². The third-order valence-electron chi connectivity index (χ3n) is 3.11. The van der Waals surface area contributed by atoms with Crippen molar-refractivity contribution in [2.75, 3.05) is 13.7 Å². The van der Waals surface area contributed by atoms with Gasteiger partial charge in [-0.3, -0.25) is 0 Å². The summed E-state index contributed by atoms with van der Waals surface area (Å²) in [7, 11) is 1.59. The summed E-state index contributed by atoms with van der Waals surface area (Å²) in [5.74, 6) is -0.940. The van der Waals surface area contributed by atoms with Gasteiger partial charge < -0.3 is 10.1 Å². The van der Waals surface area contributed by atoms with Crippen LogP contribution < -0.4 is 10.1 Å². The third kappa shape index (κ3) is 2.96. The molecule has 2 aromatic rings. The van der Waals surface area contributed by atoms with Gasteiger partial charge in [-0.1, -0.05) is 25.1 Å². The third-order valence-corrected chi connectivity index (χ3v) is 3.11. The Morgan fingerprint density at radius 1 is 1.15 bits per heavy atom. The van der Waals surface area contributed by atoms with Gasteiger partial charge in [0.2, 0.25) is 0 Å². The Hall–Kier alpha value is -1.94. The Morgan fingerprint density at radius 3 is 2.65 bits per heavy atom. The maximum absolute atomic E-state index is 13.8. The molecule has 0 aromatic heterocycles. The quantitative estimate of drug-likeness (QED) is 0.898. The first-order valence-electron chi connectivity index (χ1n) is 6.49. The van der Waals surface area contributed by atoms with E-state index in [-0.39, 0.29) is 5.56 Å². The molecule has 2 aromatic carbocycles. The Morgan fingerprint density at radius 2 is 1.95 bits per heavy atom. The van der Waals surface area contributed by atoms with Crippen LogP contribution in [0.4, 0.5) is 8.78 Å². The van der Waals surface area contributed by atoms with Crippen LogP contribution >= 0.6 is 0 Å². The second-order valence-electron chi connectivity index (χ2n) is 4.41. The standard InChI is InChI=1S/C16H17F2NO/c1-3-19-10-12-9-11(7-8-15(12)20-2)13-5-4-6-14(17)16(13)18/h4-9,19H,3,10H2,1-2H3. The minimum atomic E-state index is -0.841. The molecule has 0 aliphatic heterocycles. The van der Waals surface area contributed by atoms with E-state index in [1.54, 1.807) is 25.3 Å². The lowest BCUT2D eigenvalue weighted by Crippen LogP contribution is -2.12. The van der Waals surface area contributed by atoms with Crippen molar-refractivity contribution in [2.24, 2.45) is 0 Å². The van der Waals surface area contributed by atoms with Crippen molar-refractivity contribution in [3.63, 3.8) is 0 Å². The number of halogens is 2. The number of hydrogen-bond donors (Lipinski definition) is 1. The van der Waals surface area contributed by atoms with Crippen LogP contribution in [0.2, 0.25) is 0 Å². The highest BCUT2D eigenvalue weighted by Crippen LogP contribution is 2.29. The van der Waals surface area contributed by atoms with Crippen LogP contribution in [0.1, 0.15) is 12.5 Å². The van der Waals surface area contributed by atoms with Crippen LogP contribution in [0.25, 0.3) is 11.1 Å². The van der Waals surface area contributed by atoms with Gasteiger partial charge in [-0.25, -0.2) is 8.78 Å². The topological polar surface area (TPSA) is 21.3 Å². The van der Waals surface area contributed by atoms with Crippen molar-refractivity contribution >= 4 is 0 Å². The molecule has 0 bridgehead atoms. The van der Waals surface area contributed by atoms with Crippen LogP contribution in [-0.4, -0.2) is 13.7 Å². The van der Waals surface area contributed by atoms with Gasteiger partial charge >= 0.3 is 0 Å². The van der Waals surface area contributed by atoms with Crippen LogP contribution in [-0.2, 0) is 6.54 Å². The largest absolute Gasteiger partial charge is 0.496 e. The van der Waals surface area contributed by atoms with Gasteiger partial charge in [0.1, 0.15) is 5.75 Å². The van der Waals surface area contributed by atoms with Crippen LogP contribution in [0.3, 0.4) is 0 Å². The summed E-state index contributed by atoms with van der Waals surface area (Å²) in [6.07, 6.45) is 0. The van der Waals surface area contributed by atoms with Gasteiger partial charge in [-0.15, -0.1) is 0 Å². The van der Waals surface area contributed by atoms with E-state index in [1.165, 1.54) is 6.07 Å². The number of nitrogens with one attached hydrogen (secondary N) is 1. The van der Waals surface area contributed by atoms with Crippen LogP contribution in [0.15, 0.2) is 36.4 Å². The second kappa shape index (κ2) is 6.48. The molecule has 0 fully saturated rings. The molecular weight excluding hydrogens is 260 g/mol.